The van der Waals surface area contributed by atoms with E-state index in [0.717, 1.165) is 32.1 Å². The second-order valence-corrected chi connectivity index (χ2v) is 5.09. The highest BCUT2D eigenvalue weighted by atomic mass is 16.5. The molecule has 0 saturated heterocycles. The largest absolute Gasteiger partial charge is 0.385 e. The molecule has 0 radical (unpaired) electrons. The van der Waals surface area contributed by atoms with Crippen LogP contribution < -0.4 is 5.32 Å². The summed E-state index contributed by atoms with van der Waals surface area (Å²) in [5, 5.41) is 3.28. The molecule has 1 rings (SSSR count). The maximum absolute atomic E-state index is 6.12. The molecule has 0 aromatic carbocycles. The average Bonchev–Trinajstić information content (AvgIpc) is 2.29. The number of methoxy groups -OCH3 is 1. The van der Waals surface area contributed by atoms with E-state index in [-0.39, 0.29) is 5.60 Å². The van der Waals surface area contributed by atoms with Crippen LogP contribution in [0.1, 0.15) is 39.0 Å². The molecule has 0 bridgehead atoms. The van der Waals surface area contributed by atoms with Gasteiger partial charge < -0.3 is 14.8 Å². The van der Waals surface area contributed by atoms with E-state index >= 15 is 0 Å². The second-order valence-electron chi connectivity index (χ2n) is 5.09. The van der Waals surface area contributed by atoms with E-state index in [1.807, 2.05) is 7.05 Å². The average molecular weight is 229 g/mol. The number of nitrogens with one attached hydrogen (secondary N) is 1. The third kappa shape index (κ3) is 4.40. The molecule has 16 heavy (non-hydrogen) atoms. The van der Waals surface area contributed by atoms with Gasteiger partial charge in [0.05, 0.1) is 5.60 Å². The van der Waals surface area contributed by atoms with Gasteiger partial charge in [-0.1, -0.05) is 6.92 Å². The molecule has 0 heterocycles. The minimum Gasteiger partial charge on any atom is -0.385 e. The number of likely N-dealkylation sites (N-methyl/N-ethyl adjacent to an activating group) is 1. The lowest BCUT2D eigenvalue weighted by Gasteiger charge is -2.39. The summed E-state index contributed by atoms with van der Waals surface area (Å²) in [5.41, 5.74) is 0.0923. The summed E-state index contributed by atoms with van der Waals surface area (Å²) in [6.45, 7) is 4.94. The molecule has 1 saturated carbocycles. The van der Waals surface area contributed by atoms with E-state index in [4.69, 9.17) is 9.47 Å². The number of rotatable bonds is 7. The predicted octanol–water partition coefficient (Wildman–Crippen LogP) is 2.21. The summed E-state index contributed by atoms with van der Waals surface area (Å²) >= 11 is 0. The summed E-state index contributed by atoms with van der Waals surface area (Å²) in [7, 11) is 3.75. The van der Waals surface area contributed by atoms with E-state index in [9.17, 15) is 0 Å². The molecule has 0 spiro atoms. The normalized spacial score (nSPS) is 30.6. The molecular formula is C13H27NO2. The monoisotopic (exact) mass is 229 g/mol. The second kappa shape index (κ2) is 7.25. The van der Waals surface area contributed by atoms with Crippen LogP contribution in [0.4, 0.5) is 0 Å². The molecule has 96 valence electrons. The molecule has 0 atom stereocenters. The van der Waals surface area contributed by atoms with Gasteiger partial charge in [0.15, 0.2) is 0 Å². The molecule has 3 heteroatoms. The van der Waals surface area contributed by atoms with Crippen LogP contribution >= 0.6 is 0 Å². The topological polar surface area (TPSA) is 30.5 Å². The molecule has 0 aromatic rings. The molecule has 0 aromatic heterocycles. The maximum atomic E-state index is 6.12. The summed E-state index contributed by atoms with van der Waals surface area (Å²) < 4.78 is 11.2. The first-order valence-electron chi connectivity index (χ1n) is 6.50. The molecule has 0 aliphatic heterocycles. The Morgan fingerprint density at radius 3 is 2.50 bits per heavy atom. The van der Waals surface area contributed by atoms with Crippen molar-refractivity contribution in [2.24, 2.45) is 5.92 Å². The van der Waals surface area contributed by atoms with Crippen LogP contribution in [0, 0.1) is 5.92 Å². The van der Waals surface area contributed by atoms with Gasteiger partial charge in [0.25, 0.3) is 0 Å². The zero-order chi connectivity index (χ0) is 11.9. The Bertz CT molecular complexity index is 177. The summed E-state index contributed by atoms with van der Waals surface area (Å²) in [5.74, 6) is 0.868. The summed E-state index contributed by atoms with van der Waals surface area (Å²) in [6, 6.07) is 0. The van der Waals surface area contributed by atoms with Crippen molar-refractivity contribution in [2.75, 3.05) is 33.9 Å². The fourth-order valence-corrected chi connectivity index (χ4v) is 2.47. The maximum Gasteiger partial charge on any atom is 0.0806 e. The minimum absolute atomic E-state index is 0.0923. The van der Waals surface area contributed by atoms with E-state index < -0.39 is 0 Å². The molecule has 0 amide bonds. The van der Waals surface area contributed by atoms with E-state index in [0.29, 0.717) is 0 Å². The SMILES string of the molecule is CNCC1(OCCCOC)CCC(C)CC1. The van der Waals surface area contributed by atoms with Gasteiger partial charge in [0, 0.05) is 26.9 Å². The number of hydrogen-bond donors (Lipinski definition) is 1. The Labute approximate surface area is 99.9 Å². The van der Waals surface area contributed by atoms with Crippen LogP contribution in [0.15, 0.2) is 0 Å². The smallest absolute Gasteiger partial charge is 0.0806 e. The molecule has 0 unspecified atom stereocenters. The Balaban J connectivity index is 2.33. The van der Waals surface area contributed by atoms with Crippen LogP contribution in [0.25, 0.3) is 0 Å². The Kier molecular flexibility index (Phi) is 6.32. The highest BCUT2D eigenvalue weighted by Gasteiger charge is 2.34. The van der Waals surface area contributed by atoms with Gasteiger partial charge in [-0.05, 0) is 45.1 Å². The highest BCUT2D eigenvalue weighted by Crippen LogP contribution is 2.34. The van der Waals surface area contributed by atoms with E-state index in [2.05, 4.69) is 12.2 Å². The van der Waals surface area contributed by atoms with Crippen molar-refractivity contribution in [1.29, 1.82) is 0 Å². The fraction of sp³-hybridized carbons (Fsp3) is 1.00. The zero-order valence-corrected chi connectivity index (χ0v) is 11.1. The predicted molar refractivity (Wildman–Crippen MR) is 66.7 cm³/mol. The van der Waals surface area contributed by atoms with Gasteiger partial charge in [0.2, 0.25) is 0 Å². The van der Waals surface area contributed by atoms with Crippen LogP contribution in [0.5, 0.6) is 0 Å². The van der Waals surface area contributed by atoms with Crippen molar-refractivity contribution in [3.8, 4) is 0 Å². The van der Waals surface area contributed by atoms with Crippen LogP contribution in [-0.2, 0) is 9.47 Å². The lowest BCUT2D eigenvalue weighted by atomic mass is 9.79. The molecule has 1 fully saturated rings. The van der Waals surface area contributed by atoms with Crippen molar-refractivity contribution in [2.45, 2.75) is 44.6 Å². The first-order valence-corrected chi connectivity index (χ1v) is 6.50. The van der Waals surface area contributed by atoms with Crippen molar-refractivity contribution in [3.63, 3.8) is 0 Å². The lowest BCUT2D eigenvalue weighted by Crippen LogP contribution is -2.45. The van der Waals surface area contributed by atoms with E-state index in [1.165, 1.54) is 25.7 Å². The zero-order valence-electron chi connectivity index (χ0n) is 11.1. The molecular weight excluding hydrogens is 202 g/mol. The van der Waals surface area contributed by atoms with Crippen molar-refractivity contribution < 1.29 is 9.47 Å². The fourth-order valence-electron chi connectivity index (χ4n) is 2.47. The lowest BCUT2D eigenvalue weighted by molar-refractivity contribution is -0.0782. The minimum atomic E-state index is 0.0923. The number of ether oxygens (including phenoxy) is 2. The van der Waals surface area contributed by atoms with Crippen LogP contribution in [-0.4, -0.2) is 39.5 Å². The van der Waals surface area contributed by atoms with Gasteiger partial charge >= 0.3 is 0 Å². The summed E-state index contributed by atoms with van der Waals surface area (Å²) in [6.07, 6.45) is 5.99. The number of hydrogen-bond acceptors (Lipinski definition) is 3. The first-order chi connectivity index (χ1) is 7.72. The van der Waals surface area contributed by atoms with Crippen molar-refractivity contribution in [3.05, 3.63) is 0 Å². The molecule has 1 aliphatic rings. The van der Waals surface area contributed by atoms with Gasteiger partial charge in [-0.2, -0.15) is 0 Å². The Morgan fingerprint density at radius 1 is 1.25 bits per heavy atom. The van der Waals surface area contributed by atoms with E-state index in [1.54, 1.807) is 7.11 Å². The first kappa shape index (κ1) is 13.9. The van der Waals surface area contributed by atoms with Crippen molar-refractivity contribution >= 4 is 0 Å². The molecule has 3 nitrogen and oxygen atoms in total. The van der Waals surface area contributed by atoms with Crippen LogP contribution in [0.2, 0.25) is 0 Å². The van der Waals surface area contributed by atoms with Gasteiger partial charge in [0.1, 0.15) is 0 Å². The molecule has 1 N–H and O–H groups in total. The quantitative estimate of drug-likeness (QED) is 0.679. The Hall–Kier alpha value is -0.120. The third-order valence-electron chi connectivity index (χ3n) is 3.59. The van der Waals surface area contributed by atoms with Gasteiger partial charge in [-0.3, -0.25) is 0 Å². The standard InChI is InChI=1S/C13H27NO2/c1-12-5-7-13(8-6-12,11-14-2)16-10-4-9-15-3/h12,14H,4-11H2,1-3H3. The van der Waals surface area contributed by atoms with Gasteiger partial charge in [-0.15, -0.1) is 0 Å². The van der Waals surface area contributed by atoms with Crippen LogP contribution in [0.3, 0.4) is 0 Å². The molecule has 1 aliphatic carbocycles. The highest BCUT2D eigenvalue weighted by molar-refractivity contribution is 4.88. The van der Waals surface area contributed by atoms with Gasteiger partial charge in [-0.25, -0.2) is 0 Å². The summed E-state index contributed by atoms with van der Waals surface area (Å²) in [4.78, 5) is 0. The van der Waals surface area contributed by atoms with Crippen molar-refractivity contribution in [1.82, 2.24) is 5.32 Å². The Morgan fingerprint density at radius 2 is 1.94 bits per heavy atom. The third-order valence-corrected chi connectivity index (χ3v) is 3.59.